The van der Waals surface area contributed by atoms with E-state index in [0.717, 1.165) is 5.69 Å². The van der Waals surface area contributed by atoms with Crippen molar-refractivity contribution >= 4 is 27.7 Å². The molecule has 9 nitrogen and oxygen atoms in total. The second-order valence-corrected chi connectivity index (χ2v) is 5.39. The number of imidazole rings is 1. The van der Waals surface area contributed by atoms with Crippen LogP contribution in [0.25, 0.3) is 0 Å². The minimum absolute atomic E-state index is 0.144. The highest BCUT2D eigenvalue weighted by Gasteiger charge is 2.06. The van der Waals surface area contributed by atoms with Crippen molar-refractivity contribution in [2.75, 3.05) is 25.1 Å². The van der Waals surface area contributed by atoms with Crippen molar-refractivity contribution in [1.29, 1.82) is 0 Å². The second kappa shape index (κ2) is 7.11. The molecule has 2 N–H and O–H groups in total. The fourth-order valence-corrected chi connectivity index (χ4v) is 1.88. The van der Waals surface area contributed by atoms with Crippen LogP contribution >= 0.6 is 0 Å². The Morgan fingerprint density at radius 2 is 2.05 bits per heavy atom. The molecule has 0 unspecified atom stereocenters. The number of hydrogen-bond acceptors (Lipinski definition) is 7. The van der Waals surface area contributed by atoms with Crippen LogP contribution in [0.1, 0.15) is 0 Å². The molecule has 0 bridgehead atoms. The maximum Gasteiger partial charge on any atom is 0.397 e. The highest BCUT2D eigenvalue weighted by atomic mass is 32.3. The Labute approximate surface area is 127 Å². The summed E-state index contributed by atoms with van der Waals surface area (Å²) in [5.74, 6) is 0.420. The van der Waals surface area contributed by atoms with Gasteiger partial charge in [0.2, 0.25) is 5.95 Å². The van der Waals surface area contributed by atoms with Crippen molar-refractivity contribution in [3.05, 3.63) is 36.7 Å². The van der Waals surface area contributed by atoms with E-state index in [-0.39, 0.29) is 6.61 Å². The van der Waals surface area contributed by atoms with Gasteiger partial charge in [-0.15, -0.1) is 10.2 Å². The molecule has 0 saturated carbocycles. The van der Waals surface area contributed by atoms with Gasteiger partial charge >= 0.3 is 10.4 Å². The predicted molar refractivity (Wildman–Crippen MR) is 80.0 cm³/mol. The first-order valence-electron chi connectivity index (χ1n) is 6.28. The first kappa shape index (κ1) is 16.1. The van der Waals surface area contributed by atoms with Gasteiger partial charge in [-0.3, -0.25) is 4.55 Å². The Bertz CT molecular complexity index is 712. The Kier molecular flexibility index (Phi) is 5.20. The molecule has 1 heterocycles. The third-order valence-electron chi connectivity index (χ3n) is 2.69. The molecule has 1 aromatic heterocycles. The Balaban J connectivity index is 1.90. The van der Waals surface area contributed by atoms with Gasteiger partial charge in [-0.1, -0.05) is 0 Å². The molecule has 1 aromatic carbocycles. The zero-order chi connectivity index (χ0) is 16.0. The maximum atomic E-state index is 10.4. The van der Waals surface area contributed by atoms with Gasteiger partial charge in [0.05, 0.1) is 12.3 Å². The molecule has 0 fully saturated rings. The summed E-state index contributed by atoms with van der Waals surface area (Å²) in [4.78, 5) is 8.51. The molecular formula is C12H15N5O4S. The van der Waals surface area contributed by atoms with Crippen LogP contribution in [-0.2, 0) is 14.6 Å². The molecule has 0 atom stereocenters. The largest absolute Gasteiger partial charge is 0.397 e. The van der Waals surface area contributed by atoms with Gasteiger partial charge in [-0.2, -0.15) is 8.42 Å². The molecular weight excluding hydrogens is 310 g/mol. The highest BCUT2D eigenvalue weighted by molar-refractivity contribution is 7.80. The van der Waals surface area contributed by atoms with Crippen molar-refractivity contribution in [1.82, 2.24) is 9.97 Å². The van der Waals surface area contributed by atoms with Crippen molar-refractivity contribution in [3.63, 3.8) is 0 Å². The SMILES string of the molecule is CN(CCOS(=O)(=O)O)c1ccc(N=Nc2ncc[nH]2)cc1. The third-order valence-corrected chi connectivity index (χ3v) is 3.16. The first-order valence-corrected chi connectivity index (χ1v) is 7.65. The fraction of sp³-hybridized carbons (Fsp3) is 0.250. The van der Waals surface area contributed by atoms with E-state index in [1.165, 1.54) is 0 Å². The van der Waals surface area contributed by atoms with Crippen molar-refractivity contribution in [2.24, 2.45) is 10.2 Å². The summed E-state index contributed by atoms with van der Waals surface area (Å²) in [5, 5.41) is 7.94. The van der Waals surface area contributed by atoms with Crippen molar-refractivity contribution < 1.29 is 17.2 Å². The molecule has 0 aliphatic rings. The van der Waals surface area contributed by atoms with Crippen LogP contribution in [0.15, 0.2) is 46.9 Å². The molecule has 0 amide bonds. The topological polar surface area (TPSA) is 120 Å². The summed E-state index contributed by atoms with van der Waals surface area (Å²) < 4.78 is 33.6. The lowest BCUT2D eigenvalue weighted by atomic mass is 10.2. The molecule has 10 heteroatoms. The maximum absolute atomic E-state index is 10.4. The number of likely N-dealkylation sites (N-methyl/N-ethyl adjacent to an activating group) is 1. The number of aromatic amines is 1. The van der Waals surface area contributed by atoms with Gasteiger partial charge in [0, 0.05) is 31.7 Å². The van der Waals surface area contributed by atoms with Crippen molar-refractivity contribution in [3.8, 4) is 0 Å². The fourth-order valence-electron chi connectivity index (χ4n) is 1.60. The van der Waals surface area contributed by atoms with Crippen LogP contribution in [0.2, 0.25) is 0 Å². The zero-order valence-electron chi connectivity index (χ0n) is 11.7. The van der Waals surface area contributed by atoms with Crippen LogP contribution in [0, 0.1) is 0 Å². The van der Waals surface area contributed by atoms with Gasteiger partial charge in [0.15, 0.2) is 0 Å². The zero-order valence-corrected chi connectivity index (χ0v) is 12.6. The average Bonchev–Trinajstić information content (AvgIpc) is 2.97. The summed E-state index contributed by atoms with van der Waals surface area (Å²) in [6.45, 7) is 0.155. The minimum atomic E-state index is -4.40. The lowest BCUT2D eigenvalue weighted by Crippen LogP contribution is -2.23. The predicted octanol–water partition coefficient (Wildman–Crippen LogP) is 2.08. The number of anilines is 1. The molecule has 0 radical (unpaired) electrons. The lowest BCUT2D eigenvalue weighted by Gasteiger charge is -2.18. The molecule has 0 saturated heterocycles. The first-order chi connectivity index (χ1) is 10.4. The van der Waals surface area contributed by atoms with Crippen LogP contribution in [-0.4, -0.2) is 43.1 Å². The minimum Gasteiger partial charge on any atom is -0.372 e. The van der Waals surface area contributed by atoms with Gasteiger partial charge in [0.1, 0.15) is 0 Å². The number of aromatic nitrogens is 2. The smallest absolute Gasteiger partial charge is 0.372 e. The van der Waals surface area contributed by atoms with E-state index in [2.05, 4.69) is 24.4 Å². The summed E-state index contributed by atoms with van der Waals surface area (Å²) in [5.41, 5.74) is 1.50. The number of H-pyrrole nitrogens is 1. The summed E-state index contributed by atoms with van der Waals surface area (Å²) in [6.07, 6.45) is 3.24. The van der Waals surface area contributed by atoms with E-state index in [1.807, 2.05) is 12.1 Å². The molecule has 2 rings (SSSR count). The van der Waals surface area contributed by atoms with E-state index >= 15 is 0 Å². The number of azo groups is 1. The molecule has 118 valence electrons. The lowest BCUT2D eigenvalue weighted by molar-refractivity contribution is 0.274. The molecule has 2 aromatic rings. The summed E-state index contributed by atoms with van der Waals surface area (Å²) in [6, 6.07) is 7.15. The Morgan fingerprint density at radius 3 is 2.64 bits per heavy atom. The average molecular weight is 325 g/mol. The quantitative estimate of drug-likeness (QED) is 0.594. The van der Waals surface area contributed by atoms with Gasteiger partial charge in [-0.05, 0) is 24.3 Å². The molecule has 0 spiro atoms. The van der Waals surface area contributed by atoms with Crippen LogP contribution < -0.4 is 4.90 Å². The van der Waals surface area contributed by atoms with E-state index in [4.69, 9.17) is 4.55 Å². The van der Waals surface area contributed by atoms with Crippen LogP contribution in [0.5, 0.6) is 0 Å². The summed E-state index contributed by atoms with van der Waals surface area (Å²) >= 11 is 0. The number of benzene rings is 1. The second-order valence-electron chi connectivity index (χ2n) is 4.30. The van der Waals surface area contributed by atoms with E-state index < -0.39 is 10.4 Å². The van der Waals surface area contributed by atoms with Gasteiger partial charge in [-0.25, -0.2) is 9.17 Å². The van der Waals surface area contributed by atoms with Gasteiger partial charge < -0.3 is 9.88 Å². The molecule has 0 aliphatic carbocycles. The number of rotatable bonds is 7. The summed E-state index contributed by atoms with van der Waals surface area (Å²) in [7, 11) is -2.63. The highest BCUT2D eigenvalue weighted by Crippen LogP contribution is 2.20. The number of nitrogens with one attached hydrogen (secondary N) is 1. The molecule has 22 heavy (non-hydrogen) atoms. The number of nitrogens with zero attached hydrogens (tertiary/aromatic N) is 4. The Hall–Kier alpha value is -2.30. The van der Waals surface area contributed by atoms with Gasteiger partial charge in [0.25, 0.3) is 0 Å². The monoisotopic (exact) mass is 325 g/mol. The standard InChI is InChI=1S/C12H15N5O4S/c1-17(8-9-21-22(18,19)20)11-4-2-10(3-5-11)15-16-12-13-6-7-14-12/h2-7H,8-9H2,1H3,(H,13,14)(H,18,19,20). The van der Waals surface area contributed by atoms with E-state index in [1.54, 1.807) is 36.5 Å². The van der Waals surface area contributed by atoms with E-state index in [0.29, 0.717) is 18.2 Å². The van der Waals surface area contributed by atoms with Crippen molar-refractivity contribution in [2.45, 2.75) is 0 Å². The third kappa shape index (κ3) is 5.24. The van der Waals surface area contributed by atoms with Crippen LogP contribution in [0.3, 0.4) is 0 Å². The number of hydrogen-bond donors (Lipinski definition) is 2. The van der Waals surface area contributed by atoms with E-state index in [9.17, 15) is 8.42 Å². The molecule has 0 aliphatic heterocycles. The Morgan fingerprint density at radius 1 is 1.32 bits per heavy atom. The normalized spacial score (nSPS) is 11.9. The van der Waals surface area contributed by atoms with Crippen LogP contribution in [0.4, 0.5) is 17.3 Å².